The van der Waals surface area contributed by atoms with E-state index in [1.165, 1.54) is 6.42 Å². The number of carbonyl (C=O) groups is 2. The van der Waals surface area contributed by atoms with Gasteiger partial charge in [0.25, 0.3) is 0 Å². The number of nitrogens with zero attached hydrogens (tertiary/aromatic N) is 2. The van der Waals surface area contributed by atoms with Crippen LogP contribution in [0.4, 0.5) is 4.39 Å². The minimum atomic E-state index is -1.04. The van der Waals surface area contributed by atoms with Gasteiger partial charge in [-0.2, -0.15) is 5.06 Å². The zero-order chi connectivity index (χ0) is 37.4. The van der Waals surface area contributed by atoms with Crippen molar-refractivity contribution in [2.24, 2.45) is 58.7 Å². The van der Waals surface area contributed by atoms with Gasteiger partial charge in [-0.1, -0.05) is 41.0 Å². The van der Waals surface area contributed by atoms with Crippen molar-refractivity contribution in [3.05, 3.63) is 0 Å². The summed E-state index contributed by atoms with van der Waals surface area (Å²) in [5.74, 6) is 0.889. The molecule has 2 bridgehead atoms. The maximum atomic E-state index is 15.5. The third-order valence-electron chi connectivity index (χ3n) is 14.1. The van der Waals surface area contributed by atoms with Gasteiger partial charge in [-0.15, -0.1) is 0 Å². The van der Waals surface area contributed by atoms with E-state index in [0.717, 1.165) is 38.6 Å². The van der Waals surface area contributed by atoms with Gasteiger partial charge in [0, 0.05) is 50.0 Å². The predicted octanol–water partition coefficient (Wildman–Crippen LogP) is 4.43. The van der Waals surface area contributed by atoms with E-state index >= 15 is 4.39 Å². The standard InChI is InChI=1S/C40H71FN4O6/c1-22(2)13-30(20-44(7)8)42-38(48)27-14-26(15-29(41)16-27)31-12-10-11-25(37(31)50-9)19-45-36(35(24(4)47)34(21-46)51-45)39(49)43-33-18-28-17-32(23(33)3)40(28,5)6/h22-37,46-47H,10-21H2,1-9H3,(H,42,48)(H,43,49)/t23-,24-,25?,26?,27?,28+,29?,30-,31?,32-,33-,34-,35+,36-,37?/m0/s1. The summed E-state index contributed by atoms with van der Waals surface area (Å²) >= 11 is 0. The Bertz CT molecular complexity index is 1160. The predicted molar refractivity (Wildman–Crippen MR) is 196 cm³/mol. The first-order valence-electron chi connectivity index (χ1n) is 20.2. The van der Waals surface area contributed by atoms with Crippen molar-refractivity contribution in [3.63, 3.8) is 0 Å². The van der Waals surface area contributed by atoms with Crippen LogP contribution in [0.15, 0.2) is 0 Å². The molecule has 0 aromatic carbocycles. The smallest absolute Gasteiger partial charge is 0.240 e. The molecule has 5 saturated carbocycles. The largest absolute Gasteiger partial charge is 0.394 e. The lowest BCUT2D eigenvalue weighted by Crippen LogP contribution is -2.62. The number of hydrogen-bond donors (Lipinski definition) is 4. The number of carbonyl (C=O) groups excluding carboxylic acids is 2. The molecule has 294 valence electrons. The molecular weight excluding hydrogens is 651 g/mol. The zero-order valence-electron chi connectivity index (χ0n) is 33.0. The molecule has 1 saturated heterocycles. The molecule has 0 radical (unpaired) electrons. The van der Waals surface area contributed by atoms with E-state index in [-0.39, 0.29) is 66.7 Å². The van der Waals surface area contributed by atoms with Crippen LogP contribution >= 0.6 is 0 Å². The van der Waals surface area contributed by atoms with E-state index in [4.69, 9.17) is 9.57 Å². The molecule has 51 heavy (non-hydrogen) atoms. The van der Waals surface area contributed by atoms with Gasteiger partial charge in [0.1, 0.15) is 18.3 Å². The van der Waals surface area contributed by atoms with Crippen LogP contribution < -0.4 is 10.6 Å². The number of methoxy groups -OCH3 is 1. The Balaban J connectivity index is 1.28. The van der Waals surface area contributed by atoms with Gasteiger partial charge in [0.15, 0.2) is 0 Å². The lowest BCUT2D eigenvalue weighted by atomic mass is 9.45. The van der Waals surface area contributed by atoms with Crippen LogP contribution in [0, 0.1) is 58.7 Å². The lowest BCUT2D eigenvalue weighted by molar-refractivity contribution is -0.193. The first kappa shape index (κ1) is 40.8. The normalized spacial score (nSPS) is 40.9. The minimum absolute atomic E-state index is 0.000896. The van der Waals surface area contributed by atoms with E-state index in [1.54, 1.807) is 19.1 Å². The second-order valence-electron chi connectivity index (χ2n) is 18.7. The van der Waals surface area contributed by atoms with E-state index in [9.17, 15) is 19.8 Å². The van der Waals surface area contributed by atoms with Gasteiger partial charge in [0.2, 0.25) is 11.8 Å². The number of alkyl halides is 1. The van der Waals surface area contributed by atoms with Crippen LogP contribution in [0.1, 0.15) is 99.3 Å². The molecule has 0 aromatic rings. The molecule has 6 fully saturated rings. The lowest BCUT2D eigenvalue weighted by Gasteiger charge is -2.62. The Morgan fingerprint density at radius 1 is 1.08 bits per heavy atom. The van der Waals surface area contributed by atoms with Crippen molar-refractivity contribution < 1.29 is 33.8 Å². The number of rotatable bonds is 14. The highest BCUT2D eigenvalue weighted by molar-refractivity contribution is 5.83. The highest BCUT2D eigenvalue weighted by atomic mass is 19.1. The number of ether oxygens (including phenoxy) is 1. The second kappa shape index (κ2) is 17.0. The summed E-state index contributed by atoms with van der Waals surface area (Å²) in [5.41, 5.74) is 0.298. The van der Waals surface area contributed by atoms with Crippen LogP contribution in [0.5, 0.6) is 0 Å². The molecule has 2 amide bonds. The highest BCUT2D eigenvalue weighted by Crippen LogP contribution is 2.61. The quantitative estimate of drug-likeness (QED) is 0.208. The summed E-state index contributed by atoms with van der Waals surface area (Å²) in [6, 6.07) is -0.662. The first-order chi connectivity index (χ1) is 24.0. The SMILES string of the molecule is COC1C(CN2O[C@@H](CO)[C@@H]([C@H](C)O)[C@H]2C(=O)N[C@H]2C[C@H]3C[C@@H]([C@@H]2C)C3(C)C)CCCC1C1CC(F)CC(C(=O)N[C@@H](CC(C)C)CN(C)C)C1. The van der Waals surface area contributed by atoms with Gasteiger partial charge in [-0.05, 0) is 113 Å². The molecule has 0 spiro atoms. The molecule has 1 aliphatic heterocycles. The van der Waals surface area contributed by atoms with Gasteiger partial charge < -0.3 is 30.5 Å². The fraction of sp³-hybridized carbons (Fsp3) is 0.950. The summed E-state index contributed by atoms with van der Waals surface area (Å²) in [7, 11) is 5.73. The highest BCUT2D eigenvalue weighted by Gasteiger charge is 2.58. The van der Waals surface area contributed by atoms with E-state index in [2.05, 4.69) is 50.2 Å². The molecule has 6 unspecified atom stereocenters. The number of hydrogen-bond acceptors (Lipinski definition) is 8. The fourth-order valence-electron chi connectivity index (χ4n) is 11.5. The van der Waals surface area contributed by atoms with Crippen LogP contribution in [0.3, 0.4) is 0 Å². The molecule has 10 nitrogen and oxygen atoms in total. The minimum Gasteiger partial charge on any atom is -0.394 e. The number of hydroxylamine groups is 2. The molecule has 1 heterocycles. The molecule has 0 aromatic heterocycles. The van der Waals surface area contributed by atoms with Crippen molar-refractivity contribution in [1.29, 1.82) is 0 Å². The monoisotopic (exact) mass is 723 g/mol. The Kier molecular flexibility index (Phi) is 13.6. The number of fused-ring (bicyclic) bond motifs is 2. The molecular formula is C40H71FN4O6. The van der Waals surface area contributed by atoms with Gasteiger partial charge in [0.05, 0.1) is 18.8 Å². The molecule has 6 rings (SSSR count). The maximum absolute atomic E-state index is 15.5. The van der Waals surface area contributed by atoms with Crippen LogP contribution in [0.25, 0.3) is 0 Å². The molecule has 4 N–H and O–H groups in total. The zero-order valence-corrected chi connectivity index (χ0v) is 33.0. The molecule has 6 aliphatic rings. The van der Waals surface area contributed by atoms with E-state index < -0.39 is 30.3 Å². The van der Waals surface area contributed by atoms with Crippen molar-refractivity contribution in [2.45, 2.75) is 142 Å². The van der Waals surface area contributed by atoms with Crippen LogP contribution in [0.2, 0.25) is 0 Å². The van der Waals surface area contributed by atoms with Crippen molar-refractivity contribution in [1.82, 2.24) is 20.6 Å². The Hall–Kier alpha value is -1.37. The van der Waals surface area contributed by atoms with Crippen LogP contribution in [-0.4, -0.2) is 116 Å². The number of nitrogens with one attached hydrogen (secondary N) is 2. The topological polar surface area (TPSA) is 124 Å². The maximum Gasteiger partial charge on any atom is 0.240 e. The third-order valence-corrected chi connectivity index (χ3v) is 14.1. The Morgan fingerprint density at radius 2 is 1.80 bits per heavy atom. The van der Waals surface area contributed by atoms with Crippen molar-refractivity contribution in [3.8, 4) is 0 Å². The summed E-state index contributed by atoms with van der Waals surface area (Å²) in [5, 5.41) is 29.6. The summed E-state index contributed by atoms with van der Waals surface area (Å²) in [6.07, 6.45) is 4.26. The molecule has 15 atom stereocenters. The molecule has 5 aliphatic carbocycles. The average Bonchev–Trinajstić information content (AvgIpc) is 3.43. The van der Waals surface area contributed by atoms with E-state index in [1.807, 2.05) is 14.1 Å². The van der Waals surface area contributed by atoms with Crippen molar-refractivity contribution >= 4 is 11.8 Å². The van der Waals surface area contributed by atoms with Gasteiger partial charge in [-0.3, -0.25) is 14.4 Å². The Labute approximate surface area is 307 Å². The van der Waals surface area contributed by atoms with E-state index in [0.29, 0.717) is 48.5 Å². The summed E-state index contributed by atoms with van der Waals surface area (Å²) in [6.45, 7) is 13.8. The number of halogens is 1. The Morgan fingerprint density at radius 3 is 2.39 bits per heavy atom. The van der Waals surface area contributed by atoms with Crippen molar-refractivity contribution in [2.75, 3.05) is 40.9 Å². The summed E-state index contributed by atoms with van der Waals surface area (Å²) in [4.78, 5) is 36.3. The number of amides is 2. The molecule has 11 heteroatoms. The van der Waals surface area contributed by atoms with Gasteiger partial charge in [-0.25, -0.2) is 4.39 Å². The number of aliphatic hydroxyl groups is 2. The fourth-order valence-corrected chi connectivity index (χ4v) is 11.5. The average molecular weight is 723 g/mol. The third kappa shape index (κ3) is 8.96. The number of likely N-dealkylation sites (N-methyl/N-ethyl adjacent to an activating group) is 1. The number of aliphatic hydroxyl groups excluding tert-OH is 2. The first-order valence-corrected chi connectivity index (χ1v) is 20.2. The second-order valence-corrected chi connectivity index (χ2v) is 18.7. The van der Waals surface area contributed by atoms with Gasteiger partial charge >= 0.3 is 0 Å². The van der Waals surface area contributed by atoms with Crippen LogP contribution in [-0.2, 0) is 19.2 Å². The summed E-state index contributed by atoms with van der Waals surface area (Å²) < 4.78 is 21.7.